The minimum absolute atomic E-state index is 0.235. The Bertz CT molecular complexity index is 742. The van der Waals surface area contributed by atoms with Crippen LogP contribution in [0.3, 0.4) is 0 Å². The number of halogens is 3. The lowest BCUT2D eigenvalue weighted by molar-refractivity contribution is -0.147. The average Bonchev–Trinajstić information content (AvgIpc) is 2.83. The van der Waals surface area contributed by atoms with Gasteiger partial charge in [0.2, 0.25) is 4.77 Å². The summed E-state index contributed by atoms with van der Waals surface area (Å²) < 4.78 is 43.9. The number of furan rings is 1. The third kappa shape index (κ3) is 2.78. The van der Waals surface area contributed by atoms with E-state index in [4.69, 9.17) is 16.6 Å². The van der Waals surface area contributed by atoms with E-state index in [1.54, 1.807) is 6.07 Å². The molecule has 0 saturated heterocycles. The van der Waals surface area contributed by atoms with E-state index in [-0.39, 0.29) is 4.77 Å². The van der Waals surface area contributed by atoms with Crippen LogP contribution in [0.4, 0.5) is 13.2 Å². The zero-order valence-electron chi connectivity index (χ0n) is 10.9. The second-order valence-electron chi connectivity index (χ2n) is 4.97. The Balaban J connectivity index is 1.85. The maximum absolute atomic E-state index is 12.7. The van der Waals surface area contributed by atoms with Gasteiger partial charge < -0.3 is 4.42 Å². The van der Waals surface area contributed by atoms with Crippen molar-refractivity contribution in [1.82, 2.24) is 14.9 Å². The number of rotatable bonds is 3. The first-order chi connectivity index (χ1) is 9.86. The number of H-pyrrole nitrogens is 1. The van der Waals surface area contributed by atoms with Crippen LogP contribution in [0.2, 0.25) is 0 Å². The van der Waals surface area contributed by atoms with Crippen molar-refractivity contribution in [2.45, 2.75) is 25.4 Å². The molecule has 0 spiro atoms. The second kappa shape index (κ2) is 4.83. The van der Waals surface area contributed by atoms with Crippen LogP contribution in [0.15, 0.2) is 21.7 Å². The quantitative estimate of drug-likeness (QED) is 0.696. The number of hydrogen-bond donors (Lipinski definition) is 1. The van der Waals surface area contributed by atoms with Crippen LogP contribution in [-0.4, -0.2) is 21.1 Å². The Labute approximate surface area is 122 Å². The molecule has 2 heterocycles. The van der Waals surface area contributed by atoms with Crippen molar-refractivity contribution >= 4 is 18.4 Å². The number of nitrogens with one attached hydrogen (secondary N) is 1. The van der Waals surface area contributed by atoms with Crippen LogP contribution in [0.25, 0.3) is 0 Å². The highest BCUT2D eigenvalue weighted by molar-refractivity contribution is 7.71. The van der Waals surface area contributed by atoms with E-state index in [0.29, 0.717) is 22.3 Å². The summed E-state index contributed by atoms with van der Waals surface area (Å²) in [6.45, 7) is 2.11. The van der Waals surface area contributed by atoms with Crippen LogP contribution in [0.5, 0.6) is 0 Å². The van der Waals surface area contributed by atoms with Gasteiger partial charge in [-0.05, 0) is 36.7 Å². The first-order valence-electron chi connectivity index (χ1n) is 6.25. The predicted octanol–water partition coefficient (Wildman–Crippen LogP) is 3.56. The van der Waals surface area contributed by atoms with E-state index in [0.717, 1.165) is 12.2 Å². The molecular formula is C12H11F3N4OS. The molecule has 1 N–H and O–H groups in total. The van der Waals surface area contributed by atoms with Gasteiger partial charge in [-0.3, -0.25) is 0 Å². The monoisotopic (exact) mass is 316 g/mol. The van der Waals surface area contributed by atoms with E-state index in [1.165, 1.54) is 6.21 Å². The maximum atomic E-state index is 12.7. The van der Waals surface area contributed by atoms with Crippen LogP contribution in [-0.2, 0) is 6.18 Å². The highest BCUT2D eigenvalue weighted by Gasteiger charge is 2.38. The van der Waals surface area contributed by atoms with Gasteiger partial charge in [0.05, 0.1) is 6.21 Å². The molecular weight excluding hydrogens is 305 g/mol. The Hall–Kier alpha value is -1.90. The van der Waals surface area contributed by atoms with Gasteiger partial charge in [-0.25, -0.2) is 5.10 Å². The molecule has 112 valence electrons. The summed E-state index contributed by atoms with van der Waals surface area (Å²) in [4.78, 5) is 0. The summed E-state index contributed by atoms with van der Waals surface area (Å²) in [5.41, 5.74) is 0. The van der Waals surface area contributed by atoms with Crippen molar-refractivity contribution in [2.75, 3.05) is 0 Å². The molecule has 0 aromatic carbocycles. The standard InChI is InChI=1S/C12H11F3N4OS/c1-6-4-8(6)9-3-2-7(20-9)5-16-19-10(12(13,14)15)17-18-11(19)21/h2-3,5-6,8H,4H2,1H3,(H,18,21)/b16-5-/t6-,8-/m1/s1. The fourth-order valence-corrected chi connectivity index (χ4v) is 2.23. The number of aromatic nitrogens is 3. The first-order valence-corrected chi connectivity index (χ1v) is 6.66. The summed E-state index contributed by atoms with van der Waals surface area (Å²) in [7, 11) is 0. The smallest absolute Gasteiger partial charge is 0.453 e. The first kappa shape index (κ1) is 14.1. The topological polar surface area (TPSA) is 59.1 Å². The Morgan fingerprint density at radius 2 is 2.24 bits per heavy atom. The van der Waals surface area contributed by atoms with Gasteiger partial charge in [0.15, 0.2) is 0 Å². The fraction of sp³-hybridized carbons (Fsp3) is 0.417. The molecule has 1 aliphatic carbocycles. The molecule has 5 nitrogen and oxygen atoms in total. The summed E-state index contributed by atoms with van der Waals surface area (Å²) in [5.74, 6) is 0.983. The van der Waals surface area contributed by atoms with Gasteiger partial charge in [0.25, 0.3) is 5.82 Å². The molecule has 2 aromatic rings. The number of nitrogens with zero attached hydrogens (tertiary/aromatic N) is 3. The van der Waals surface area contributed by atoms with Gasteiger partial charge in [-0.15, -0.1) is 5.10 Å². The molecule has 0 amide bonds. The van der Waals surface area contributed by atoms with E-state index in [2.05, 4.69) is 22.2 Å². The average molecular weight is 316 g/mol. The largest absolute Gasteiger partial charge is 0.460 e. The van der Waals surface area contributed by atoms with Crippen molar-refractivity contribution in [1.29, 1.82) is 0 Å². The molecule has 3 rings (SSSR count). The van der Waals surface area contributed by atoms with Crippen molar-refractivity contribution < 1.29 is 17.6 Å². The molecule has 2 aromatic heterocycles. The highest BCUT2D eigenvalue weighted by Crippen LogP contribution is 2.47. The number of aromatic amines is 1. The predicted molar refractivity (Wildman–Crippen MR) is 70.6 cm³/mol. The lowest BCUT2D eigenvalue weighted by atomic mass is 10.3. The number of alkyl halides is 3. The van der Waals surface area contributed by atoms with Crippen molar-refractivity contribution in [2.24, 2.45) is 11.0 Å². The highest BCUT2D eigenvalue weighted by atomic mass is 32.1. The minimum Gasteiger partial charge on any atom is -0.460 e. The van der Waals surface area contributed by atoms with Crippen LogP contribution < -0.4 is 0 Å². The van der Waals surface area contributed by atoms with Gasteiger partial charge in [0.1, 0.15) is 11.5 Å². The van der Waals surface area contributed by atoms with E-state index in [9.17, 15) is 13.2 Å². The van der Waals surface area contributed by atoms with Crippen molar-refractivity contribution in [3.05, 3.63) is 34.2 Å². The lowest BCUT2D eigenvalue weighted by Gasteiger charge is -2.03. The summed E-state index contributed by atoms with van der Waals surface area (Å²) in [6, 6.07) is 3.48. The minimum atomic E-state index is -4.64. The molecule has 0 aliphatic heterocycles. The SMILES string of the molecule is C[C@@H]1C[C@H]1c1ccc(/C=N\n2c(C(F)(F)F)n[nH]c2=S)o1. The lowest BCUT2D eigenvalue weighted by Crippen LogP contribution is -2.12. The molecule has 0 bridgehead atoms. The summed E-state index contributed by atoms with van der Waals surface area (Å²) in [6.07, 6.45) is -2.38. The molecule has 1 fully saturated rings. The number of hydrogen-bond acceptors (Lipinski definition) is 4. The molecule has 1 saturated carbocycles. The zero-order valence-corrected chi connectivity index (χ0v) is 11.7. The van der Waals surface area contributed by atoms with Crippen molar-refractivity contribution in [3.8, 4) is 0 Å². The van der Waals surface area contributed by atoms with Gasteiger partial charge in [-0.1, -0.05) is 6.92 Å². The normalized spacial score (nSPS) is 22.1. The second-order valence-corrected chi connectivity index (χ2v) is 5.35. The summed E-state index contributed by atoms with van der Waals surface area (Å²) >= 11 is 4.73. The molecule has 2 atom stereocenters. The van der Waals surface area contributed by atoms with E-state index in [1.807, 2.05) is 6.07 Å². The van der Waals surface area contributed by atoms with Crippen LogP contribution in [0, 0.1) is 10.7 Å². The molecule has 9 heteroatoms. The molecule has 1 aliphatic rings. The van der Waals surface area contributed by atoms with E-state index < -0.39 is 12.0 Å². The third-order valence-electron chi connectivity index (χ3n) is 3.33. The third-order valence-corrected chi connectivity index (χ3v) is 3.59. The van der Waals surface area contributed by atoms with Crippen molar-refractivity contribution in [3.63, 3.8) is 0 Å². The molecule has 0 radical (unpaired) electrons. The zero-order chi connectivity index (χ0) is 15.2. The van der Waals surface area contributed by atoms with Gasteiger partial charge >= 0.3 is 6.18 Å². The van der Waals surface area contributed by atoms with E-state index >= 15 is 0 Å². The molecule has 21 heavy (non-hydrogen) atoms. The molecule has 0 unspecified atom stereocenters. The van der Waals surface area contributed by atoms with Crippen LogP contribution in [0.1, 0.15) is 36.6 Å². The fourth-order valence-electron chi connectivity index (χ4n) is 2.05. The summed E-state index contributed by atoms with van der Waals surface area (Å²) in [5, 5.41) is 8.89. The Kier molecular flexibility index (Phi) is 3.23. The van der Waals surface area contributed by atoms with Crippen LogP contribution >= 0.6 is 12.2 Å². The van der Waals surface area contributed by atoms with Gasteiger partial charge in [-0.2, -0.15) is 22.9 Å². The Morgan fingerprint density at radius 1 is 1.52 bits per heavy atom. The van der Waals surface area contributed by atoms with Gasteiger partial charge in [0, 0.05) is 5.92 Å². The maximum Gasteiger partial charge on any atom is 0.453 e. The Morgan fingerprint density at radius 3 is 2.86 bits per heavy atom.